The van der Waals surface area contributed by atoms with Gasteiger partial charge in [-0.25, -0.2) is 18.0 Å². The van der Waals surface area contributed by atoms with Gasteiger partial charge >= 0.3 is 12.1 Å². The number of fused-ring (bicyclic) bond motifs is 2. The van der Waals surface area contributed by atoms with Gasteiger partial charge in [0.25, 0.3) is 5.91 Å². The summed E-state index contributed by atoms with van der Waals surface area (Å²) in [5.41, 5.74) is -0.783. The summed E-state index contributed by atoms with van der Waals surface area (Å²) >= 11 is 0. The third-order valence-electron chi connectivity index (χ3n) is 6.98. The predicted molar refractivity (Wildman–Crippen MR) is 144 cm³/mol. The van der Waals surface area contributed by atoms with E-state index in [-0.39, 0.29) is 50.1 Å². The lowest BCUT2D eigenvalue weighted by Gasteiger charge is -2.45. The van der Waals surface area contributed by atoms with E-state index >= 15 is 0 Å². The lowest BCUT2D eigenvalue weighted by Crippen LogP contribution is -2.67. The molecule has 0 aromatic heterocycles. The number of nitrogens with zero attached hydrogens (tertiary/aromatic N) is 2. The van der Waals surface area contributed by atoms with E-state index in [1.165, 1.54) is 47.7 Å². The molecule has 0 aliphatic carbocycles. The van der Waals surface area contributed by atoms with E-state index < -0.39 is 33.7 Å². The number of esters is 1. The summed E-state index contributed by atoms with van der Waals surface area (Å²) in [6, 6.07) is 11.6. The van der Waals surface area contributed by atoms with Gasteiger partial charge in [0.1, 0.15) is 12.4 Å². The summed E-state index contributed by atoms with van der Waals surface area (Å²) in [7, 11) is -1.18. The first-order chi connectivity index (χ1) is 19.2. The van der Waals surface area contributed by atoms with Crippen molar-refractivity contribution in [1.29, 1.82) is 0 Å². The van der Waals surface area contributed by atoms with Crippen molar-refractivity contribution in [2.75, 3.05) is 52.4 Å². The Hall–Kier alpha value is -3.68. The van der Waals surface area contributed by atoms with Crippen molar-refractivity contribution in [1.82, 2.24) is 9.21 Å². The molecule has 2 saturated heterocycles. The molecule has 40 heavy (non-hydrogen) atoms. The molecule has 2 heterocycles. The number of methoxy groups -OCH3 is 2. The molecule has 216 valence electrons. The molecule has 2 amide bonds. The maximum Gasteiger partial charge on any atom is 0.409 e. The van der Waals surface area contributed by atoms with Crippen molar-refractivity contribution in [3.8, 4) is 5.75 Å². The molecule has 0 spiro atoms. The summed E-state index contributed by atoms with van der Waals surface area (Å²) in [6.45, 7) is 1.82. The highest BCUT2D eigenvalue weighted by Crippen LogP contribution is 2.44. The molecule has 2 aromatic carbocycles. The van der Waals surface area contributed by atoms with E-state index in [1.54, 1.807) is 31.2 Å². The molecule has 2 unspecified atom stereocenters. The van der Waals surface area contributed by atoms with E-state index in [1.807, 2.05) is 0 Å². The van der Waals surface area contributed by atoms with E-state index in [0.29, 0.717) is 23.4 Å². The molecule has 13 heteroatoms. The molecule has 2 aromatic rings. The minimum absolute atomic E-state index is 0.0340. The summed E-state index contributed by atoms with van der Waals surface area (Å²) in [6.07, 6.45) is -0.0737. The molecular formula is C27H33N3O9S. The van der Waals surface area contributed by atoms with Gasteiger partial charge in [-0.15, -0.1) is 0 Å². The average molecular weight is 576 g/mol. The fraction of sp³-hybridized carbons (Fsp3) is 0.444. The van der Waals surface area contributed by atoms with Crippen LogP contribution in [0, 0.1) is 0 Å². The number of nitrogens with one attached hydrogen (secondary N) is 1. The van der Waals surface area contributed by atoms with Crippen LogP contribution < -0.4 is 10.1 Å². The Morgan fingerprint density at radius 2 is 1.70 bits per heavy atom. The smallest absolute Gasteiger partial charge is 0.409 e. The number of carbonyl (C=O) groups is 3. The Bertz CT molecular complexity index is 1330. The first-order valence-electron chi connectivity index (χ1n) is 12.8. The largest absolute Gasteiger partial charge is 0.497 e. The number of rotatable bonds is 10. The van der Waals surface area contributed by atoms with E-state index in [2.05, 4.69) is 5.32 Å². The molecule has 4 rings (SSSR count). The van der Waals surface area contributed by atoms with Crippen molar-refractivity contribution >= 4 is 33.7 Å². The minimum Gasteiger partial charge on any atom is -0.497 e. The highest BCUT2D eigenvalue weighted by molar-refractivity contribution is 7.89. The quantitative estimate of drug-likeness (QED) is 0.334. The van der Waals surface area contributed by atoms with Gasteiger partial charge in [-0.2, -0.15) is 4.31 Å². The summed E-state index contributed by atoms with van der Waals surface area (Å²) in [5, 5.41) is 2.74. The minimum atomic E-state index is -4.19. The third-order valence-corrected chi connectivity index (χ3v) is 9.01. The molecule has 1 N–H and O–H groups in total. The number of anilines is 1. The van der Waals surface area contributed by atoms with Crippen molar-refractivity contribution in [2.24, 2.45) is 0 Å². The van der Waals surface area contributed by atoms with Crippen molar-refractivity contribution in [3.05, 3.63) is 54.1 Å². The number of likely N-dealkylation sites (tertiary alicyclic amines) is 1. The number of ether oxygens (including phenoxy) is 4. The molecule has 2 aliphatic rings. The Morgan fingerprint density at radius 1 is 1.00 bits per heavy atom. The first kappa shape index (κ1) is 29.3. The number of amides is 2. The van der Waals surface area contributed by atoms with E-state index in [9.17, 15) is 22.8 Å². The number of hydrogen-bond acceptors (Lipinski definition) is 9. The van der Waals surface area contributed by atoms with Crippen LogP contribution in [0.15, 0.2) is 53.4 Å². The molecule has 12 nitrogen and oxygen atoms in total. The van der Waals surface area contributed by atoms with Gasteiger partial charge < -0.3 is 29.2 Å². The van der Waals surface area contributed by atoms with Gasteiger partial charge in [-0.1, -0.05) is 0 Å². The maximum absolute atomic E-state index is 13.9. The Kier molecular flexibility index (Phi) is 8.96. The normalized spacial score (nSPS) is 20.6. The van der Waals surface area contributed by atoms with E-state index in [0.717, 1.165) is 0 Å². The summed E-state index contributed by atoms with van der Waals surface area (Å²) < 4.78 is 49.6. The second-order valence-corrected chi connectivity index (χ2v) is 11.3. The molecule has 2 aliphatic heterocycles. The standard InChI is InChI=1S/C27H33N3O9S/c1-4-38-25(32)27-14-13-21(17-29(18-27)26(33)39-16-15-36-2)30(27)40(34,35)23-11-7-20(8-12-23)28-24(31)19-5-9-22(37-3)10-6-19/h5-12,21H,4,13-18H2,1-3H3,(H,28,31). The Balaban J connectivity index is 1.55. The highest BCUT2D eigenvalue weighted by Gasteiger charge is 2.62. The van der Waals surface area contributed by atoms with Gasteiger partial charge in [0.2, 0.25) is 10.0 Å². The number of benzene rings is 2. The number of piperazine rings is 1. The van der Waals surface area contributed by atoms with Gasteiger partial charge in [-0.3, -0.25) is 4.79 Å². The monoisotopic (exact) mass is 575 g/mol. The van der Waals surface area contributed by atoms with Crippen molar-refractivity contribution in [3.63, 3.8) is 0 Å². The Labute approximate surface area is 233 Å². The second kappa shape index (κ2) is 12.2. The molecule has 0 saturated carbocycles. The summed E-state index contributed by atoms with van der Waals surface area (Å²) in [4.78, 5) is 39.9. The second-order valence-electron chi connectivity index (χ2n) is 9.44. The molecular weight excluding hydrogens is 542 g/mol. The van der Waals surface area contributed by atoms with Crippen LogP contribution in [0.3, 0.4) is 0 Å². The average Bonchev–Trinajstić information content (AvgIpc) is 3.21. The molecule has 2 fully saturated rings. The molecule has 0 radical (unpaired) electrons. The van der Waals surface area contributed by atoms with Crippen LogP contribution in [0.1, 0.15) is 30.1 Å². The van der Waals surface area contributed by atoms with Crippen molar-refractivity contribution in [2.45, 2.75) is 36.2 Å². The van der Waals surface area contributed by atoms with Gasteiger partial charge in [0, 0.05) is 30.9 Å². The zero-order valence-corrected chi connectivity index (χ0v) is 23.4. The van der Waals surface area contributed by atoms with Gasteiger partial charge in [0.15, 0.2) is 5.54 Å². The molecule has 2 bridgehead atoms. The maximum atomic E-state index is 13.9. The van der Waals surface area contributed by atoms with Crippen LogP contribution in [0.4, 0.5) is 10.5 Å². The van der Waals surface area contributed by atoms with Gasteiger partial charge in [0.05, 0.1) is 31.8 Å². The number of hydrogen-bond donors (Lipinski definition) is 1. The predicted octanol–water partition coefficient (Wildman–Crippen LogP) is 2.50. The lowest BCUT2D eigenvalue weighted by molar-refractivity contribution is -0.156. The van der Waals surface area contributed by atoms with Crippen LogP contribution in [-0.2, 0) is 29.0 Å². The first-order valence-corrected chi connectivity index (χ1v) is 14.3. The van der Waals surface area contributed by atoms with Crippen LogP contribution >= 0.6 is 0 Å². The number of carbonyl (C=O) groups excluding carboxylic acids is 3. The van der Waals surface area contributed by atoms with Gasteiger partial charge in [-0.05, 0) is 68.3 Å². The Morgan fingerprint density at radius 3 is 2.33 bits per heavy atom. The van der Waals surface area contributed by atoms with E-state index in [4.69, 9.17) is 18.9 Å². The molecule has 2 atom stereocenters. The fourth-order valence-corrected chi connectivity index (χ4v) is 7.05. The summed E-state index contributed by atoms with van der Waals surface area (Å²) in [5.74, 6) is -0.464. The van der Waals surface area contributed by atoms with Crippen LogP contribution in [0.5, 0.6) is 5.75 Å². The van der Waals surface area contributed by atoms with Crippen molar-refractivity contribution < 1.29 is 41.7 Å². The zero-order chi connectivity index (χ0) is 28.9. The lowest BCUT2D eigenvalue weighted by atomic mass is 9.97. The zero-order valence-electron chi connectivity index (χ0n) is 22.6. The highest BCUT2D eigenvalue weighted by atomic mass is 32.2. The SMILES string of the molecule is CCOC(=O)C12CCC(CN(C(=O)OCCOC)C1)N2S(=O)(=O)c1ccc(NC(=O)c2ccc(OC)cc2)cc1. The topological polar surface area (TPSA) is 141 Å². The van der Waals surface area contributed by atoms with Crippen LogP contribution in [0.2, 0.25) is 0 Å². The third kappa shape index (κ3) is 5.76. The fourth-order valence-electron chi connectivity index (χ4n) is 5.09. The number of sulfonamides is 1. The van der Waals surface area contributed by atoms with Crippen LogP contribution in [-0.4, -0.2) is 94.3 Å². The van der Waals surface area contributed by atoms with Crippen LogP contribution in [0.25, 0.3) is 0 Å².